The highest BCUT2D eigenvalue weighted by molar-refractivity contribution is 5.73. The number of β-amino-alcohol motifs (C(OH)–C–C–N with tert-alkyl or cyclic N) is 1. The Morgan fingerprint density at radius 2 is 2.00 bits per heavy atom. The summed E-state index contributed by atoms with van der Waals surface area (Å²) in [6.45, 7) is 5.74. The average Bonchev–Trinajstić information content (AvgIpc) is 2.72. The van der Waals surface area contributed by atoms with Gasteiger partial charge in [0.25, 0.3) is 0 Å². The fourth-order valence-electron chi connectivity index (χ4n) is 2.53. The van der Waals surface area contributed by atoms with Crippen LogP contribution in [0.5, 0.6) is 5.75 Å². The molecule has 0 spiro atoms. The van der Waals surface area contributed by atoms with Crippen LogP contribution < -0.4 is 4.74 Å². The van der Waals surface area contributed by atoms with Gasteiger partial charge in [-0.25, -0.2) is 0 Å². The van der Waals surface area contributed by atoms with Crippen LogP contribution in [-0.4, -0.2) is 66.2 Å². The van der Waals surface area contributed by atoms with Crippen molar-refractivity contribution in [3.8, 4) is 5.75 Å². The Balaban J connectivity index is 1.72. The van der Waals surface area contributed by atoms with E-state index in [-0.39, 0.29) is 12.5 Å². The fraction of sp³-hybridized carbons (Fsp3) is 0.562. The van der Waals surface area contributed by atoms with Crippen LogP contribution in [0.25, 0.3) is 0 Å². The third-order valence-electron chi connectivity index (χ3n) is 3.69. The van der Waals surface area contributed by atoms with Gasteiger partial charge in [-0.15, -0.1) is 0 Å². The van der Waals surface area contributed by atoms with E-state index in [0.29, 0.717) is 6.54 Å². The largest absolute Gasteiger partial charge is 0.491 e. The predicted molar refractivity (Wildman–Crippen MR) is 81.3 cm³/mol. The van der Waals surface area contributed by atoms with Crippen molar-refractivity contribution in [2.75, 3.05) is 39.3 Å². The van der Waals surface area contributed by atoms with Gasteiger partial charge in [0, 0.05) is 33.1 Å². The Morgan fingerprint density at radius 1 is 1.24 bits per heavy atom. The van der Waals surface area contributed by atoms with Gasteiger partial charge >= 0.3 is 0 Å². The molecule has 0 aliphatic carbocycles. The number of rotatable bonds is 5. The molecule has 0 saturated carbocycles. The highest BCUT2D eigenvalue weighted by Crippen LogP contribution is 2.09. The minimum absolute atomic E-state index is 0.129. The van der Waals surface area contributed by atoms with Gasteiger partial charge in [-0.2, -0.15) is 0 Å². The van der Waals surface area contributed by atoms with E-state index in [1.807, 2.05) is 35.2 Å². The van der Waals surface area contributed by atoms with Crippen molar-refractivity contribution >= 4 is 5.91 Å². The number of para-hydroxylation sites is 1. The number of hydrogen-bond donors (Lipinski definition) is 1. The summed E-state index contributed by atoms with van der Waals surface area (Å²) >= 11 is 0. The summed E-state index contributed by atoms with van der Waals surface area (Å²) in [4.78, 5) is 15.4. The lowest BCUT2D eigenvalue weighted by Gasteiger charge is -2.23. The van der Waals surface area contributed by atoms with E-state index >= 15 is 0 Å². The minimum atomic E-state index is -0.519. The number of carbonyl (C=O) groups excluding carboxylic acids is 1. The molecule has 1 saturated heterocycles. The summed E-state index contributed by atoms with van der Waals surface area (Å²) in [5.74, 6) is 0.903. The number of nitrogens with zero attached hydrogens (tertiary/aromatic N) is 2. The molecule has 0 radical (unpaired) electrons. The summed E-state index contributed by atoms with van der Waals surface area (Å²) in [6.07, 6.45) is 0.431. The zero-order valence-electron chi connectivity index (χ0n) is 12.6. The third kappa shape index (κ3) is 5.36. The molecule has 5 nitrogen and oxygen atoms in total. The van der Waals surface area contributed by atoms with Crippen LogP contribution in [0.1, 0.15) is 13.3 Å². The first kappa shape index (κ1) is 15.8. The molecule has 5 heteroatoms. The first-order valence-electron chi connectivity index (χ1n) is 7.49. The zero-order valence-corrected chi connectivity index (χ0v) is 12.6. The molecule has 1 heterocycles. The van der Waals surface area contributed by atoms with E-state index in [4.69, 9.17) is 4.74 Å². The minimum Gasteiger partial charge on any atom is -0.491 e. The molecule has 1 aromatic rings. The molecule has 2 rings (SSSR count). The first-order valence-corrected chi connectivity index (χ1v) is 7.49. The van der Waals surface area contributed by atoms with Crippen LogP contribution in [0.4, 0.5) is 0 Å². The second kappa shape index (κ2) is 8.00. The van der Waals surface area contributed by atoms with Gasteiger partial charge in [-0.3, -0.25) is 9.69 Å². The second-order valence-electron chi connectivity index (χ2n) is 5.44. The molecule has 0 aromatic heterocycles. The number of aliphatic hydroxyl groups excluding tert-OH is 1. The van der Waals surface area contributed by atoms with Crippen LogP contribution in [0, 0.1) is 0 Å². The summed E-state index contributed by atoms with van der Waals surface area (Å²) in [7, 11) is 0. The number of amides is 1. The Labute approximate surface area is 126 Å². The number of hydrogen-bond acceptors (Lipinski definition) is 4. The Morgan fingerprint density at radius 3 is 2.71 bits per heavy atom. The molecule has 116 valence electrons. The maximum Gasteiger partial charge on any atom is 0.219 e. The van der Waals surface area contributed by atoms with E-state index in [9.17, 15) is 9.90 Å². The lowest BCUT2D eigenvalue weighted by Crippen LogP contribution is -2.38. The van der Waals surface area contributed by atoms with Crippen molar-refractivity contribution in [2.45, 2.75) is 19.4 Å². The molecule has 1 aromatic carbocycles. The van der Waals surface area contributed by atoms with E-state index in [1.165, 1.54) is 0 Å². The lowest BCUT2D eigenvalue weighted by molar-refractivity contribution is -0.128. The monoisotopic (exact) mass is 292 g/mol. The molecule has 1 amide bonds. The van der Waals surface area contributed by atoms with Crippen molar-refractivity contribution in [3.63, 3.8) is 0 Å². The van der Waals surface area contributed by atoms with Gasteiger partial charge in [0.15, 0.2) is 0 Å². The molecule has 1 aliphatic rings. The maximum absolute atomic E-state index is 11.4. The average molecular weight is 292 g/mol. The summed E-state index contributed by atoms with van der Waals surface area (Å²) in [5, 5.41) is 10.1. The number of carbonyl (C=O) groups is 1. The van der Waals surface area contributed by atoms with Gasteiger partial charge in [0.05, 0.1) is 0 Å². The zero-order chi connectivity index (χ0) is 15.1. The predicted octanol–water partition coefficient (Wildman–Crippen LogP) is 0.980. The molecular formula is C16H24N2O3. The van der Waals surface area contributed by atoms with Crippen molar-refractivity contribution in [2.24, 2.45) is 0 Å². The molecule has 1 aliphatic heterocycles. The normalized spacial score (nSPS) is 18.1. The van der Waals surface area contributed by atoms with Gasteiger partial charge in [-0.1, -0.05) is 18.2 Å². The summed E-state index contributed by atoms with van der Waals surface area (Å²) < 4.78 is 5.56. The fourth-order valence-corrected chi connectivity index (χ4v) is 2.53. The first-order chi connectivity index (χ1) is 10.1. The van der Waals surface area contributed by atoms with Crippen LogP contribution >= 0.6 is 0 Å². The summed E-state index contributed by atoms with van der Waals surface area (Å²) in [6, 6.07) is 9.51. The van der Waals surface area contributed by atoms with Gasteiger partial charge in [0.2, 0.25) is 5.91 Å². The quantitative estimate of drug-likeness (QED) is 0.879. The molecule has 1 unspecified atom stereocenters. The molecule has 1 fully saturated rings. The van der Waals surface area contributed by atoms with Crippen LogP contribution in [0.15, 0.2) is 30.3 Å². The maximum atomic E-state index is 11.4. The SMILES string of the molecule is CC(=O)N1CCCN(CC(O)COc2ccccc2)CC1. The standard InChI is InChI=1S/C16H24N2O3/c1-14(19)18-9-5-8-17(10-11-18)12-15(20)13-21-16-6-3-2-4-7-16/h2-4,6-7,15,20H,5,8-13H2,1H3. The van der Waals surface area contributed by atoms with Gasteiger partial charge in [-0.05, 0) is 25.1 Å². The van der Waals surface area contributed by atoms with Gasteiger partial charge in [0.1, 0.15) is 18.5 Å². The molecule has 1 N–H and O–H groups in total. The molecule has 21 heavy (non-hydrogen) atoms. The number of aliphatic hydroxyl groups is 1. The van der Waals surface area contributed by atoms with Crippen LogP contribution in [0.2, 0.25) is 0 Å². The smallest absolute Gasteiger partial charge is 0.219 e. The third-order valence-corrected chi connectivity index (χ3v) is 3.69. The summed E-state index contributed by atoms with van der Waals surface area (Å²) in [5.41, 5.74) is 0. The second-order valence-corrected chi connectivity index (χ2v) is 5.44. The van der Waals surface area contributed by atoms with Crippen molar-refractivity contribution in [1.82, 2.24) is 9.80 Å². The Bertz CT molecular complexity index is 438. The van der Waals surface area contributed by atoms with E-state index < -0.39 is 6.10 Å². The highest BCUT2D eigenvalue weighted by Gasteiger charge is 2.18. The Kier molecular flexibility index (Phi) is 6.02. The van der Waals surface area contributed by atoms with E-state index in [2.05, 4.69) is 4.90 Å². The molecular weight excluding hydrogens is 268 g/mol. The number of ether oxygens (including phenoxy) is 1. The topological polar surface area (TPSA) is 53.0 Å². The molecule has 1 atom stereocenters. The van der Waals surface area contributed by atoms with Crippen LogP contribution in [0.3, 0.4) is 0 Å². The van der Waals surface area contributed by atoms with Crippen LogP contribution in [-0.2, 0) is 4.79 Å². The highest BCUT2D eigenvalue weighted by atomic mass is 16.5. The van der Waals surface area contributed by atoms with Gasteiger partial charge < -0.3 is 14.7 Å². The Hall–Kier alpha value is -1.59. The molecule has 0 bridgehead atoms. The van der Waals surface area contributed by atoms with Crippen molar-refractivity contribution in [3.05, 3.63) is 30.3 Å². The van der Waals surface area contributed by atoms with Crippen molar-refractivity contribution in [1.29, 1.82) is 0 Å². The van der Waals surface area contributed by atoms with Crippen molar-refractivity contribution < 1.29 is 14.6 Å². The van der Waals surface area contributed by atoms with E-state index in [1.54, 1.807) is 6.92 Å². The number of benzene rings is 1. The van der Waals surface area contributed by atoms with E-state index in [0.717, 1.165) is 38.3 Å². The lowest BCUT2D eigenvalue weighted by atomic mass is 10.3.